The van der Waals surface area contributed by atoms with Gasteiger partial charge in [-0.1, -0.05) is 119 Å². The third-order valence-corrected chi connectivity index (χ3v) is 13.9. The number of aromatic amines is 1. The predicted molar refractivity (Wildman–Crippen MR) is 343 cm³/mol. The van der Waals surface area contributed by atoms with Crippen molar-refractivity contribution < 1.29 is 97.5 Å². The monoisotopic (exact) mass is 1320 g/mol. The van der Waals surface area contributed by atoms with Crippen molar-refractivity contribution in [2.75, 3.05) is 13.2 Å². The van der Waals surface area contributed by atoms with Crippen molar-refractivity contribution in [1.29, 1.82) is 0 Å². The summed E-state index contributed by atoms with van der Waals surface area (Å²) in [4.78, 5) is 115. The molecule has 1 saturated carbocycles. The number of ether oxygens (including phenoxy) is 4. The number of carbonyl (C=O) groups is 10. The van der Waals surface area contributed by atoms with Gasteiger partial charge in [0.25, 0.3) is 0 Å². The fourth-order valence-electron chi connectivity index (χ4n) is 8.57. The van der Waals surface area contributed by atoms with E-state index in [2.05, 4.69) is 9.72 Å². The van der Waals surface area contributed by atoms with Crippen LogP contribution >= 0.6 is 0 Å². The first-order valence-corrected chi connectivity index (χ1v) is 30.0. The molecular weight excluding hydrogens is 1230 g/mol. The van der Waals surface area contributed by atoms with E-state index in [9.17, 15) is 47.9 Å². The molecule has 0 radical (unpaired) electrons. The SMILES string of the molecule is CC(C)C[C@H](N)C(=O)Oc1ccc(C[C@@H](N)C(=O)OC(=O)CC[C@@H](N)C(=O)O)cc1.N[C@@H](CC1CCCCC1)C(=O)O.N[C@@H](CO)C(=O)O.N[C@@H](Cc1ccccc1)C(=O)O.N[C@H](COC(=O)[C@@H](N)Cc1ccc(OC(=O)[C@@H](N)Cc2c[nH]c3ccccc23)cc1)C(=O)O. The summed E-state index contributed by atoms with van der Waals surface area (Å²) in [7, 11) is 0. The van der Waals surface area contributed by atoms with E-state index in [1.54, 1.807) is 48.5 Å². The van der Waals surface area contributed by atoms with E-state index in [1.165, 1.54) is 32.1 Å². The fourth-order valence-corrected chi connectivity index (χ4v) is 8.57. The highest BCUT2D eigenvalue weighted by Gasteiger charge is 2.25. The number of para-hydroxylation sites is 1. The number of benzene rings is 4. The van der Waals surface area contributed by atoms with Crippen LogP contribution in [0.3, 0.4) is 0 Å². The summed E-state index contributed by atoms with van der Waals surface area (Å²) < 4.78 is 20.0. The number of aliphatic carboxylic acids is 5. The Kier molecular flexibility index (Phi) is 37.0. The van der Waals surface area contributed by atoms with Gasteiger partial charge in [-0.3, -0.25) is 33.6 Å². The van der Waals surface area contributed by atoms with Crippen molar-refractivity contribution in [1.82, 2.24) is 4.98 Å². The third-order valence-electron chi connectivity index (χ3n) is 13.9. The van der Waals surface area contributed by atoms with E-state index in [1.807, 2.05) is 74.6 Å². The van der Waals surface area contributed by atoms with Gasteiger partial charge in [-0.15, -0.1) is 0 Å². The maximum absolute atomic E-state index is 12.4. The molecule has 4 aromatic carbocycles. The first kappa shape index (κ1) is 81.0. The number of fused-ring (bicyclic) bond motifs is 1. The van der Waals surface area contributed by atoms with Crippen molar-refractivity contribution in [3.8, 4) is 11.5 Å². The van der Waals surface area contributed by atoms with Crippen molar-refractivity contribution in [3.05, 3.63) is 132 Å². The molecule has 0 saturated heterocycles. The Morgan fingerprint density at radius 1 is 0.479 bits per heavy atom. The van der Waals surface area contributed by atoms with Crippen LogP contribution < -0.4 is 61.1 Å². The Labute approximate surface area is 542 Å². The van der Waals surface area contributed by atoms with E-state index < -0.39 is 127 Å². The van der Waals surface area contributed by atoms with Gasteiger partial charge in [-0.2, -0.15) is 0 Å². The van der Waals surface area contributed by atoms with Crippen LogP contribution in [0.2, 0.25) is 0 Å². The molecule has 1 aliphatic carbocycles. The molecule has 0 unspecified atom stereocenters. The minimum Gasteiger partial charge on any atom is -0.480 e. The number of hydrogen-bond acceptors (Lipinski definition) is 24. The Hall–Kier alpha value is -9.08. The van der Waals surface area contributed by atoms with E-state index in [4.69, 9.17) is 96.5 Å². The van der Waals surface area contributed by atoms with Gasteiger partial charge in [0.15, 0.2) is 0 Å². The maximum Gasteiger partial charge on any atom is 0.330 e. The Bertz CT molecular complexity index is 3180. The highest BCUT2D eigenvalue weighted by molar-refractivity contribution is 5.89. The summed E-state index contributed by atoms with van der Waals surface area (Å²) in [6, 6.07) is 21.1. The largest absolute Gasteiger partial charge is 0.480 e. The van der Waals surface area contributed by atoms with E-state index >= 15 is 0 Å². The van der Waals surface area contributed by atoms with Crippen molar-refractivity contribution in [2.45, 2.75) is 152 Å². The molecule has 0 aliphatic heterocycles. The second kappa shape index (κ2) is 42.9. The van der Waals surface area contributed by atoms with Crippen LogP contribution in [0.15, 0.2) is 109 Å². The summed E-state index contributed by atoms with van der Waals surface area (Å²) in [5.74, 6) is -7.77. The number of aliphatic hydroxyl groups excluding tert-OH is 1. The Balaban J connectivity index is 0.000000445. The fraction of sp³-hybridized carbons (Fsp3) is 0.438. The summed E-state index contributed by atoms with van der Waals surface area (Å²) in [5.41, 5.74) is 53.7. The normalized spacial score (nSPS) is 14.7. The lowest BCUT2D eigenvalue weighted by Gasteiger charge is -2.22. The van der Waals surface area contributed by atoms with Crippen LogP contribution in [0.25, 0.3) is 10.9 Å². The molecule has 516 valence electrons. The Morgan fingerprint density at radius 3 is 1.40 bits per heavy atom. The molecule has 30 nitrogen and oxygen atoms in total. The molecule has 0 bridgehead atoms. The zero-order valence-corrected chi connectivity index (χ0v) is 52.4. The van der Waals surface area contributed by atoms with Gasteiger partial charge in [0, 0.05) is 29.9 Å². The number of nitrogens with one attached hydrogen (secondary N) is 1. The topological polar surface area (TPSA) is 579 Å². The van der Waals surface area contributed by atoms with Crippen LogP contribution in [-0.4, -0.2) is 163 Å². The summed E-state index contributed by atoms with van der Waals surface area (Å²) >= 11 is 0. The van der Waals surface area contributed by atoms with Gasteiger partial charge in [0.2, 0.25) is 0 Å². The number of H-pyrrole nitrogens is 1. The number of nitrogens with two attached hydrogens (primary N) is 9. The molecule has 6 rings (SSSR count). The molecule has 9 atom stereocenters. The highest BCUT2D eigenvalue weighted by Crippen LogP contribution is 2.27. The number of hydrogen-bond donors (Lipinski definition) is 16. The molecule has 1 aliphatic rings. The minimum absolute atomic E-state index is 0.0852. The number of carboxylic acids is 5. The first-order valence-electron chi connectivity index (χ1n) is 30.0. The summed E-state index contributed by atoms with van der Waals surface area (Å²) in [6.45, 7) is 2.94. The van der Waals surface area contributed by atoms with Gasteiger partial charge >= 0.3 is 59.7 Å². The molecule has 0 amide bonds. The van der Waals surface area contributed by atoms with Crippen molar-refractivity contribution >= 4 is 70.6 Å². The average molecular weight is 1320 g/mol. The smallest absolute Gasteiger partial charge is 0.330 e. The van der Waals surface area contributed by atoms with Crippen molar-refractivity contribution in [2.24, 2.45) is 63.4 Å². The van der Waals surface area contributed by atoms with Crippen LogP contribution in [-0.2, 0) is 83.1 Å². The van der Waals surface area contributed by atoms with Crippen LogP contribution in [0, 0.1) is 11.8 Å². The summed E-state index contributed by atoms with van der Waals surface area (Å²) in [6.07, 6.45) is 9.61. The molecule has 1 fully saturated rings. The predicted octanol–water partition coefficient (Wildman–Crippen LogP) is 0.966. The maximum atomic E-state index is 12.4. The van der Waals surface area contributed by atoms with Crippen LogP contribution in [0.5, 0.6) is 11.5 Å². The Morgan fingerprint density at radius 2 is 0.926 bits per heavy atom. The molecule has 94 heavy (non-hydrogen) atoms. The molecular formula is C64H90N10O20. The van der Waals surface area contributed by atoms with Crippen molar-refractivity contribution in [3.63, 3.8) is 0 Å². The lowest BCUT2D eigenvalue weighted by atomic mass is 9.85. The number of aromatic nitrogens is 1. The standard InChI is InChI=1S/C23H26N4O6.C20H29N3O7.C9H17NO2.C9H11NO2.C3H7NO3/c24-17(22(30)32-12-19(26)21(28)29)9-13-5-7-15(8-6-13)33-23(31)18(25)10-14-11-27-20-4-2-1-3-16(14)20;1-11(2)9-15(22)19(27)29-13-5-3-12(4-6-13)10-16(23)20(28)30-17(24)8-7-14(21)18(25)26;2*10-8(9(11)12)6-7-4-2-1-3-5-7;4-2(1-5)3(6)7/h1-8,11,17-19,27H,9-10,12,24-26H2,(H,28,29);3-6,11,14-16H,7-10,21-23H2,1-2H3,(H,25,26);7-8H,1-6,10H2,(H,11,12);1-5,8H,6,10H2,(H,11,12);2,5H,1,4H2,(H,6,7)/t17-,18-,19+;14-,15+,16-;2*8-;2-/m01000/s1. The van der Waals surface area contributed by atoms with E-state index in [-0.39, 0.29) is 31.6 Å². The molecule has 5 aromatic rings. The molecule has 1 aromatic heterocycles. The number of aliphatic hydroxyl groups is 1. The molecule has 1 heterocycles. The second-order valence-electron chi connectivity index (χ2n) is 22.5. The van der Waals surface area contributed by atoms with E-state index in [0.717, 1.165) is 22.0 Å². The van der Waals surface area contributed by atoms with Gasteiger partial charge in [-0.25, -0.2) is 14.4 Å². The zero-order valence-electron chi connectivity index (χ0n) is 52.4. The lowest BCUT2D eigenvalue weighted by Crippen LogP contribution is -2.40. The third kappa shape index (κ3) is 32.5. The number of carbonyl (C=O) groups excluding carboxylic acids is 5. The zero-order chi connectivity index (χ0) is 70.6. The van der Waals surface area contributed by atoms with Gasteiger partial charge in [0.1, 0.15) is 72.5 Å². The van der Waals surface area contributed by atoms with Gasteiger partial charge in [-0.05, 0) is 103 Å². The lowest BCUT2D eigenvalue weighted by molar-refractivity contribution is -0.161. The highest BCUT2D eigenvalue weighted by atomic mass is 16.6. The number of rotatable bonds is 29. The quantitative estimate of drug-likeness (QED) is 0.0180. The summed E-state index contributed by atoms with van der Waals surface area (Å²) in [5, 5.41) is 51.4. The average Bonchev–Trinajstić information content (AvgIpc) is 1.69. The molecule has 0 spiro atoms. The number of esters is 5. The first-order chi connectivity index (χ1) is 44.3. The minimum atomic E-state index is -1.31. The molecule has 25 N–H and O–H groups in total. The van der Waals surface area contributed by atoms with E-state index in [0.29, 0.717) is 54.2 Å². The van der Waals surface area contributed by atoms with Gasteiger partial charge < -0.3 is 106 Å². The molecule has 30 heteroatoms. The number of carboxylic acid groups (broad SMARTS) is 5. The second-order valence-corrected chi connectivity index (χ2v) is 22.5. The van der Waals surface area contributed by atoms with Crippen LogP contribution in [0.4, 0.5) is 0 Å². The van der Waals surface area contributed by atoms with Crippen LogP contribution in [0.1, 0.15) is 93.9 Å². The van der Waals surface area contributed by atoms with Gasteiger partial charge in [0.05, 0.1) is 6.61 Å².